The van der Waals surface area contributed by atoms with Crippen LogP contribution in [0.3, 0.4) is 0 Å². The zero-order valence-corrected chi connectivity index (χ0v) is 10.9. The first-order chi connectivity index (χ1) is 8.02. The number of esters is 1. The van der Waals surface area contributed by atoms with Gasteiger partial charge in [0, 0.05) is 10.4 Å². The molecule has 0 saturated heterocycles. The lowest BCUT2D eigenvalue weighted by Crippen LogP contribution is -2.12. The second-order valence-corrected chi connectivity index (χ2v) is 4.54. The fourth-order valence-corrected chi connectivity index (χ4v) is 1.80. The maximum absolute atomic E-state index is 11.2. The lowest BCUT2D eigenvalue weighted by Gasteiger charge is -2.13. The third kappa shape index (κ3) is 4.56. The first kappa shape index (κ1) is 13.7. The van der Waals surface area contributed by atoms with Crippen molar-refractivity contribution in [2.45, 2.75) is 18.8 Å². The number of carbonyl (C=O) groups is 2. The Morgan fingerprint density at radius 3 is 2.35 bits per heavy atom. The van der Waals surface area contributed by atoms with Crippen molar-refractivity contribution in [3.05, 3.63) is 34.3 Å². The number of hydrogen-bond donors (Lipinski definition) is 1. The number of carboxylic acid groups (broad SMARTS) is 1. The van der Waals surface area contributed by atoms with Gasteiger partial charge in [-0.05, 0) is 17.7 Å². The van der Waals surface area contributed by atoms with E-state index in [1.165, 1.54) is 7.11 Å². The van der Waals surface area contributed by atoms with Crippen LogP contribution in [0.1, 0.15) is 24.3 Å². The summed E-state index contributed by atoms with van der Waals surface area (Å²) in [7, 11) is 1.29. The second kappa shape index (κ2) is 6.39. The minimum atomic E-state index is -0.929. The summed E-state index contributed by atoms with van der Waals surface area (Å²) < 4.78 is 5.48. The van der Waals surface area contributed by atoms with Crippen LogP contribution in [-0.4, -0.2) is 24.2 Å². The van der Waals surface area contributed by atoms with Crippen molar-refractivity contribution in [2.24, 2.45) is 0 Å². The summed E-state index contributed by atoms with van der Waals surface area (Å²) >= 11 is 3.30. The van der Waals surface area contributed by atoms with E-state index in [0.717, 1.165) is 10.0 Å². The van der Waals surface area contributed by atoms with E-state index < -0.39 is 11.9 Å². The van der Waals surface area contributed by atoms with E-state index in [2.05, 4.69) is 20.7 Å². The topological polar surface area (TPSA) is 63.6 Å². The Bertz CT molecular complexity index is 399. The Balaban J connectivity index is 2.85. The molecule has 0 unspecified atom stereocenters. The normalized spacial score (nSPS) is 11.9. The lowest BCUT2D eigenvalue weighted by molar-refractivity contribution is -0.141. The average molecular weight is 301 g/mol. The number of rotatable bonds is 5. The first-order valence-corrected chi connectivity index (χ1v) is 5.86. The van der Waals surface area contributed by atoms with Gasteiger partial charge in [-0.1, -0.05) is 28.1 Å². The molecule has 0 bridgehead atoms. The highest BCUT2D eigenvalue weighted by Crippen LogP contribution is 2.25. The molecule has 1 atom stereocenters. The van der Waals surface area contributed by atoms with Crippen molar-refractivity contribution in [2.75, 3.05) is 7.11 Å². The molecule has 0 spiro atoms. The van der Waals surface area contributed by atoms with Gasteiger partial charge in [-0.15, -0.1) is 0 Å². The summed E-state index contributed by atoms with van der Waals surface area (Å²) in [6.45, 7) is 0. The Hall–Kier alpha value is -1.36. The highest BCUT2D eigenvalue weighted by molar-refractivity contribution is 9.10. The number of hydrogen-bond acceptors (Lipinski definition) is 3. The molecular formula is C12H13BrO4. The van der Waals surface area contributed by atoms with E-state index in [4.69, 9.17) is 5.11 Å². The molecule has 0 saturated carbocycles. The highest BCUT2D eigenvalue weighted by atomic mass is 79.9. The van der Waals surface area contributed by atoms with Crippen molar-refractivity contribution < 1.29 is 19.4 Å². The molecule has 1 aromatic carbocycles. The summed E-state index contributed by atoms with van der Waals surface area (Å²) in [6.07, 6.45) is -0.0127. The maximum atomic E-state index is 11.2. The molecular weight excluding hydrogens is 288 g/mol. The van der Waals surface area contributed by atoms with Gasteiger partial charge in [0.2, 0.25) is 0 Å². The number of carbonyl (C=O) groups excluding carboxylic acids is 1. The van der Waals surface area contributed by atoms with Crippen LogP contribution in [0.5, 0.6) is 0 Å². The molecule has 0 aromatic heterocycles. The van der Waals surface area contributed by atoms with Crippen LogP contribution in [0.2, 0.25) is 0 Å². The number of carboxylic acids is 1. The van der Waals surface area contributed by atoms with E-state index in [0.29, 0.717) is 0 Å². The minimum Gasteiger partial charge on any atom is -0.481 e. The number of benzene rings is 1. The van der Waals surface area contributed by atoms with E-state index in [1.54, 1.807) is 12.1 Å². The van der Waals surface area contributed by atoms with Crippen LogP contribution in [-0.2, 0) is 14.3 Å². The molecule has 0 aliphatic carbocycles. The van der Waals surface area contributed by atoms with Gasteiger partial charge in [-0.3, -0.25) is 9.59 Å². The average Bonchev–Trinajstić information content (AvgIpc) is 2.28. The van der Waals surface area contributed by atoms with Crippen LogP contribution in [0.4, 0.5) is 0 Å². The molecule has 0 aliphatic rings. The number of ether oxygens (including phenoxy) is 1. The molecule has 4 nitrogen and oxygen atoms in total. The van der Waals surface area contributed by atoms with Gasteiger partial charge in [-0.2, -0.15) is 0 Å². The molecule has 0 amide bonds. The zero-order valence-electron chi connectivity index (χ0n) is 9.35. The maximum Gasteiger partial charge on any atom is 0.306 e. The lowest BCUT2D eigenvalue weighted by atomic mass is 9.93. The van der Waals surface area contributed by atoms with Gasteiger partial charge in [-0.25, -0.2) is 0 Å². The molecule has 5 heteroatoms. The van der Waals surface area contributed by atoms with E-state index in [9.17, 15) is 9.59 Å². The summed E-state index contributed by atoms with van der Waals surface area (Å²) in [5.74, 6) is -1.69. The summed E-state index contributed by atoms with van der Waals surface area (Å²) in [6, 6.07) is 7.25. The molecule has 0 radical (unpaired) electrons. The smallest absolute Gasteiger partial charge is 0.306 e. The van der Waals surface area contributed by atoms with Crippen LogP contribution < -0.4 is 0 Å². The Morgan fingerprint density at radius 2 is 1.88 bits per heavy atom. The molecule has 17 heavy (non-hydrogen) atoms. The van der Waals surface area contributed by atoms with Crippen molar-refractivity contribution in [1.82, 2.24) is 0 Å². The Labute approximate surface area is 108 Å². The largest absolute Gasteiger partial charge is 0.481 e. The standard InChI is InChI=1S/C12H13BrO4/c1-17-12(16)7-9(6-11(14)15)8-2-4-10(13)5-3-8/h2-5,9H,6-7H2,1H3,(H,14,15)/t9-/m0/s1. The minimum absolute atomic E-state index is 0.0738. The van der Waals surface area contributed by atoms with Gasteiger partial charge in [0.25, 0.3) is 0 Å². The number of methoxy groups -OCH3 is 1. The Kier molecular flexibility index (Phi) is 5.15. The molecule has 92 valence electrons. The quantitative estimate of drug-likeness (QED) is 0.849. The SMILES string of the molecule is COC(=O)C[C@H](CC(=O)O)c1ccc(Br)cc1. The summed E-state index contributed by atoms with van der Waals surface area (Å²) in [5.41, 5.74) is 0.820. The third-order valence-corrected chi connectivity index (χ3v) is 2.93. The molecule has 0 fully saturated rings. The highest BCUT2D eigenvalue weighted by Gasteiger charge is 2.19. The zero-order chi connectivity index (χ0) is 12.8. The predicted octanol–water partition coefficient (Wildman–Crippen LogP) is 2.57. The molecule has 1 N–H and O–H groups in total. The van der Waals surface area contributed by atoms with Crippen LogP contribution in [0, 0.1) is 0 Å². The van der Waals surface area contributed by atoms with Gasteiger partial charge in [0.15, 0.2) is 0 Å². The summed E-state index contributed by atoms with van der Waals surface area (Å²) in [4.78, 5) is 22.0. The third-order valence-electron chi connectivity index (χ3n) is 2.40. The Morgan fingerprint density at radius 1 is 1.29 bits per heavy atom. The van der Waals surface area contributed by atoms with Crippen molar-refractivity contribution in [3.63, 3.8) is 0 Å². The van der Waals surface area contributed by atoms with Gasteiger partial charge >= 0.3 is 11.9 Å². The first-order valence-electron chi connectivity index (χ1n) is 5.07. The van der Waals surface area contributed by atoms with Crippen LogP contribution in [0.15, 0.2) is 28.7 Å². The van der Waals surface area contributed by atoms with E-state index in [-0.39, 0.29) is 18.8 Å². The van der Waals surface area contributed by atoms with E-state index in [1.807, 2.05) is 12.1 Å². The monoisotopic (exact) mass is 300 g/mol. The van der Waals surface area contributed by atoms with Crippen LogP contribution in [0.25, 0.3) is 0 Å². The molecule has 1 rings (SSSR count). The van der Waals surface area contributed by atoms with Crippen molar-refractivity contribution in [3.8, 4) is 0 Å². The molecule has 1 aromatic rings. The van der Waals surface area contributed by atoms with Crippen LogP contribution >= 0.6 is 15.9 Å². The van der Waals surface area contributed by atoms with Crippen molar-refractivity contribution in [1.29, 1.82) is 0 Å². The van der Waals surface area contributed by atoms with Gasteiger partial charge < -0.3 is 9.84 Å². The van der Waals surface area contributed by atoms with E-state index >= 15 is 0 Å². The fraction of sp³-hybridized carbons (Fsp3) is 0.333. The summed E-state index contributed by atoms with van der Waals surface area (Å²) in [5, 5.41) is 8.82. The van der Waals surface area contributed by atoms with Gasteiger partial charge in [0.1, 0.15) is 0 Å². The molecule has 0 heterocycles. The number of halogens is 1. The predicted molar refractivity (Wildman–Crippen MR) is 65.8 cm³/mol. The van der Waals surface area contributed by atoms with Crippen molar-refractivity contribution >= 4 is 27.9 Å². The van der Waals surface area contributed by atoms with Gasteiger partial charge in [0.05, 0.1) is 20.0 Å². The second-order valence-electron chi connectivity index (χ2n) is 3.63. The number of aliphatic carboxylic acids is 1. The fourth-order valence-electron chi connectivity index (χ4n) is 1.54. The molecule has 0 aliphatic heterocycles.